The summed E-state index contributed by atoms with van der Waals surface area (Å²) in [7, 11) is 0. The number of benzene rings is 2. The maximum absolute atomic E-state index is 12.7. The van der Waals surface area contributed by atoms with Crippen molar-refractivity contribution in [1.82, 2.24) is 4.98 Å². The van der Waals surface area contributed by atoms with Crippen LogP contribution in [-0.2, 0) is 0 Å². The van der Waals surface area contributed by atoms with Crippen LogP contribution in [0.5, 0.6) is 0 Å². The molecule has 0 bridgehead atoms. The lowest BCUT2D eigenvalue weighted by molar-refractivity contribution is 0.104. The largest absolute Gasteiger partial charge is 0.397 e. The second kappa shape index (κ2) is 6.31. The van der Waals surface area contributed by atoms with Crippen molar-refractivity contribution in [3.63, 3.8) is 0 Å². The molecule has 0 saturated heterocycles. The molecule has 122 valence electrons. The number of carbonyl (C=O) groups is 1. The van der Waals surface area contributed by atoms with Crippen molar-refractivity contribution >= 4 is 44.6 Å². The molecule has 5 heteroatoms. The van der Waals surface area contributed by atoms with E-state index in [-0.39, 0.29) is 5.78 Å². The Morgan fingerprint density at radius 1 is 0.960 bits per heavy atom. The lowest BCUT2D eigenvalue weighted by Gasteiger charge is -2.01. The Hall–Kier alpha value is -2.69. The second-order valence-corrected chi connectivity index (χ2v) is 7.03. The van der Waals surface area contributed by atoms with Gasteiger partial charge in [-0.15, -0.1) is 11.3 Å². The molecule has 0 spiro atoms. The molecule has 2 heterocycles. The first-order valence-electron chi connectivity index (χ1n) is 7.68. The molecule has 2 aromatic heterocycles. The Labute approximate surface area is 153 Å². The highest BCUT2D eigenvalue weighted by molar-refractivity contribution is 7.21. The van der Waals surface area contributed by atoms with E-state index in [1.165, 1.54) is 11.3 Å². The number of ketones is 1. The van der Waals surface area contributed by atoms with Gasteiger partial charge in [0.1, 0.15) is 9.71 Å². The Morgan fingerprint density at radius 3 is 2.40 bits per heavy atom. The average Bonchev–Trinajstić information content (AvgIpc) is 2.98. The summed E-state index contributed by atoms with van der Waals surface area (Å²) in [5, 5.41) is 1.49. The number of halogens is 1. The summed E-state index contributed by atoms with van der Waals surface area (Å²) in [6.07, 6.45) is 0. The summed E-state index contributed by atoms with van der Waals surface area (Å²) in [4.78, 5) is 18.7. The number of pyridine rings is 1. The molecular weight excluding hydrogens is 352 g/mol. The third-order valence-corrected chi connectivity index (χ3v) is 5.34. The Balaban J connectivity index is 1.79. The summed E-state index contributed by atoms with van der Waals surface area (Å²) in [6, 6.07) is 20.5. The quantitative estimate of drug-likeness (QED) is 0.493. The monoisotopic (exact) mass is 364 g/mol. The minimum absolute atomic E-state index is 0.0749. The molecule has 0 aliphatic rings. The molecule has 0 radical (unpaired) electrons. The number of anilines is 1. The fourth-order valence-corrected chi connectivity index (χ4v) is 3.85. The Bertz CT molecular complexity index is 1070. The van der Waals surface area contributed by atoms with Crippen LogP contribution in [0.25, 0.3) is 21.5 Å². The van der Waals surface area contributed by atoms with Crippen molar-refractivity contribution in [2.24, 2.45) is 0 Å². The fraction of sp³-hybridized carbons (Fsp3) is 0. The van der Waals surface area contributed by atoms with E-state index in [1.54, 1.807) is 12.1 Å². The number of rotatable bonds is 3. The van der Waals surface area contributed by atoms with E-state index in [4.69, 9.17) is 17.3 Å². The van der Waals surface area contributed by atoms with Gasteiger partial charge in [-0.3, -0.25) is 4.79 Å². The van der Waals surface area contributed by atoms with Gasteiger partial charge >= 0.3 is 0 Å². The van der Waals surface area contributed by atoms with Crippen molar-refractivity contribution in [3.05, 3.63) is 82.2 Å². The molecule has 0 saturated carbocycles. The molecule has 4 aromatic rings. The molecule has 0 aliphatic heterocycles. The summed E-state index contributed by atoms with van der Waals surface area (Å²) >= 11 is 7.27. The predicted octanol–water partition coefficient (Wildman–Crippen LogP) is 5.43. The second-order valence-electron chi connectivity index (χ2n) is 5.60. The highest BCUT2D eigenvalue weighted by atomic mass is 35.5. The minimum Gasteiger partial charge on any atom is -0.397 e. The first kappa shape index (κ1) is 15.8. The van der Waals surface area contributed by atoms with E-state index in [0.717, 1.165) is 21.5 Å². The van der Waals surface area contributed by atoms with Crippen LogP contribution in [0.4, 0.5) is 5.69 Å². The van der Waals surface area contributed by atoms with Crippen LogP contribution in [-0.4, -0.2) is 10.8 Å². The number of hydrogen-bond acceptors (Lipinski definition) is 4. The standard InChI is InChI=1S/C20H13ClN2OS/c21-14-8-6-12(7-9-14)16-11-10-15-17(22)19(25-20(15)23-16)18(24)13-4-2-1-3-5-13/h1-11H,22H2. The zero-order chi connectivity index (χ0) is 17.4. The van der Waals surface area contributed by atoms with Gasteiger partial charge in [0.15, 0.2) is 0 Å². The SMILES string of the molecule is Nc1c(C(=O)c2ccccc2)sc2nc(-c3ccc(Cl)cc3)ccc12. The normalized spacial score (nSPS) is 10.9. The van der Waals surface area contributed by atoms with Crippen LogP contribution in [0.15, 0.2) is 66.7 Å². The molecular formula is C20H13ClN2OS. The molecule has 25 heavy (non-hydrogen) atoms. The predicted molar refractivity (Wildman–Crippen MR) is 104 cm³/mol. The smallest absolute Gasteiger partial charge is 0.205 e. The van der Waals surface area contributed by atoms with Crippen LogP contribution in [0.3, 0.4) is 0 Å². The van der Waals surface area contributed by atoms with Crippen molar-refractivity contribution in [1.29, 1.82) is 0 Å². The van der Waals surface area contributed by atoms with Crippen LogP contribution >= 0.6 is 22.9 Å². The van der Waals surface area contributed by atoms with E-state index >= 15 is 0 Å². The minimum atomic E-state index is -0.0749. The number of nitrogens with zero attached hydrogens (tertiary/aromatic N) is 1. The van der Waals surface area contributed by atoms with Gasteiger partial charge < -0.3 is 5.73 Å². The van der Waals surface area contributed by atoms with E-state index in [1.807, 2.05) is 54.6 Å². The van der Waals surface area contributed by atoms with Crippen molar-refractivity contribution in [3.8, 4) is 11.3 Å². The number of nitrogens with two attached hydrogens (primary N) is 1. The van der Waals surface area contributed by atoms with Crippen molar-refractivity contribution in [2.75, 3.05) is 5.73 Å². The summed E-state index contributed by atoms with van der Waals surface area (Å²) in [6.45, 7) is 0. The summed E-state index contributed by atoms with van der Waals surface area (Å²) in [5.74, 6) is -0.0749. The number of carbonyl (C=O) groups excluding carboxylic acids is 1. The number of hydrogen-bond donors (Lipinski definition) is 1. The Morgan fingerprint density at radius 2 is 1.68 bits per heavy atom. The number of fused-ring (bicyclic) bond motifs is 1. The van der Waals surface area contributed by atoms with Gasteiger partial charge in [-0.1, -0.05) is 54.1 Å². The highest BCUT2D eigenvalue weighted by Crippen LogP contribution is 2.35. The average molecular weight is 365 g/mol. The number of thiophene rings is 1. The molecule has 0 atom stereocenters. The maximum Gasteiger partial charge on any atom is 0.205 e. The van der Waals surface area contributed by atoms with Crippen LogP contribution in [0.2, 0.25) is 5.02 Å². The van der Waals surface area contributed by atoms with Gasteiger partial charge in [0.25, 0.3) is 0 Å². The van der Waals surface area contributed by atoms with Gasteiger partial charge in [0.2, 0.25) is 5.78 Å². The lowest BCUT2D eigenvalue weighted by atomic mass is 10.1. The van der Waals surface area contributed by atoms with Gasteiger partial charge in [-0.05, 0) is 24.3 Å². The zero-order valence-electron chi connectivity index (χ0n) is 13.1. The van der Waals surface area contributed by atoms with E-state index in [2.05, 4.69) is 4.98 Å². The first-order chi connectivity index (χ1) is 12.1. The zero-order valence-corrected chi connectivity index (χ0v) is 14.6. The van der Waals surface area contributed by atoms with Crippen LogP contribution in [0, 0.1) is 0 Å². The van der Waals surface area contributed by atoms with Gasteiger partial charge in [-0.25, -0.2) is 4.98 Å². The summed E-state index contributed by atoms with van der Waals surface area (Å²) in [5.41, 5.74) is 9.12. The number of nitrogen functional groups attached to an aromatic ring is 1. The molecule has 0 fully saturated rings. The van der Waals surface area contributed by atoms with Gasteiger partial charge in [-0.2, -0.15) is 0 Å². The third kappa shape index (κ3) is 2.90. The molecule has 0 aliphatic carbocycles. The topological polar surface area (TPSA) is 56.0 Å². The third-order valence-electron chi connectivity index (χ3n) is 3.98. The van der Waals surface area contributed by atoms with Crippen LogP contribution < -0.4 is 5.73 Å². The fourth-order valence-electron chi connectivity index (χ4n) is 2.67. The first-order valence-corrected chi connectivity index (χ1v) is 8.87. The van der Waals surface area contributed by atoms with E-state index < -0.39 is 0 Å². The Kier molecular flexibility index (Phi) is 3.99. The molecule has 2 N–H and O–H groups in total. The van der Waals surface area contributed by atoms with Crippen molar-refractivity contribution < 1.29 is 4.79 Å². The van der Waals surface area contributed by atoms with E-state index in [0.29, 0.717) is 21.2 Å². The molecule has 0 amide bonds. The maximum atomic E-state index is 12.7. The van der Waals surface area contributed by atoms with E-state index in [9.17, 15) is 4.79 Å². The molecule has 2 aromatic carbocycles. The molecule has 4 rings (SSSR count). The molecule has 3 nitrogen and oxygen atoms in total. The number of aromatic nitrogens is 1. The van der Waals surface area contributed by atoms with Gasteiger partial charge in [0, 0.05) is 21.5 Å². The van der Waals surface area contributed by atoms with Gasteiger partial charge in [0.05, 0.1) is 11.4 Å². The van der Waals surface area contributed by atoms with Crippen molar-refractivity contribution in [2.45, 2.75) is 0 Å². The molecule has 0 unspecified atom stereocenters. The summed E-state index contributed by atoms with van der Waals surface area (Å²) < 4.78 is 0. The highest BCUT2D eigenvalue weighted by Gasteiger charge is 2.19. The van der Waals surface area contributed by atoms with Crippen LogP contribution in [0.1, 0.15) is 15.2 Å². The lowest BCUT2D eigenvalue weighted by Crippen LogP contribution is -2.01.